The van der Waals surface area contributed by atoms with Crippen LogP contribution in [0, 0.1) is 5.92 Å². The number of ether oxygens (including phenoxy) is 1. The van der Waals surface area contributed by atoms with E-state index >= 15 is 0 Å². The molecular formula is C19H35NO4. The predicted molar refractivity (Wildman–Crippen MR) is 92.8 cm³/mol. The highest BCUT2D eigenvalue weighted by atomic mass is 16.5. The highest BCUT2D eigenvalue weighted by molar-refractivity contribution is 5.14. The van der Waals surface area contributed by atoms with Crippen LogP contribution < -0.4 is 0 Å². The predicted octanol–water partition coefficient (Wildman–Crippen LogP) is 1.68. The highest BCUT2D eigenvalue weighted by Gasteiger charge is 2.62. The van der Waals surface area contributed by atoms with Crippen LogP contribution in [0.5, 0.6) is 0 Å². The largest absolute Gasteiger partial charge is 0.387 e. The molecule has 0 aromatic heterocycles. The molecule has 3 N–H and O–H groups in total. The fourth-order valence-corrected chi connectivity index (χ4v) is 5.57. The molecule has 24 heavy (non-hydrogen) atoms. The minimum absolute atomic E-state index is 0.00793. The number of aliphatic hydroxyl groups is 3. The second-order valence-corrected chi connectivity index (χ2v) is 9.08. The summed E-state index contributed by atoms with van der Waals surface area (Å²) in [5.74, 6) is 0.344. The zero-order chi connectivity index (χ0) is 17.8. The van der Waals surface area contributed by atoms with E-state index in [1.54, 1.807) is 6.92 Å². The van der Waals surface area contributed by atoms with E-state index < -0.39 is 22.9 Å². The van der Waals surface area contributed by atoms with E-state index in [-0.39, 0.29) is 12.1 Å². The Morgan fingerprint density at radius 2 is 2.08 bits per heavy atom. The van der Waals surface area contributed by atoms with E-state index in [2.05, 4.69) is 18.7 Å². The molecule has 1 spiro atoms. The number of piperidine rings is 1. The van der Waals surface area contributed by atoms with Crippen LogP contribution in [0.3, 0.4) is 0 Å². The van der Waals surface area contributed by atoms with Crippen LogP contribution in [0.4, 0.5) is 0 Å². The topological polar surface area (TPSA) is 73.2 Å². The minimum atomic E-state index is -1.17. The first-order chi connectivity index (χ1) is 11.1. The molecule has 3 aliphatic heterocycles. The normalized spacial score (nSPS) is 49.1. The molecular weight excluding hydrogens is 306 g/mol. The number of hydrogen-bond donors (Lipinski definition) is 3. The summed E-state index contributed by atoms with van der Waals surface area (Å²) in [6.07, 6.45) is 3.85. The van der Waals surface area contributed by atoms with Crippen molar-refractivity contribution >= 4 is 0 Å². The van der Waals surface area contributed by atoms with Gasteiger partial charge in [0.2, 0.25) is 0 Å². The second kappa shape index (κ2) is 6.20. The smallest absolute Gasteiger partial charge is 0.114 e. The first kappa shape index (κ1) is 18.6. The van der Waals surface area contributed by atoms with Gasteiger partial charge in [0.25, 0.3) is 0 Å². The van der Waals surface area contributed by atoms with Crippen molar-refractivity contribution in [3.8, 4) is 0 Å². The van der Waals surface area contributed by atoms with Crippen LogP contribution in [-0.4, -0.2) is 68.4 Å². The molecule has 3 saturated heterocycles. The van der Waals surface area contributed by atoms with Crippen molar-refractivity contribution in [2.24, 2.45) is 5.92 Å². The SMILES string of the molecule is CCCC(C)(O)C1CC(C)CC2(CN3CCCC3C(C)(O)C2O)O1. The maximum atomic E-state index is 11.1. The van der Waals surface area contributed by atoms with Gasteiger partial charge in [-0.05, 0) is 58.4 Å². The maximum Gasteiger partial charge on any atom is 0.114 e. The zero-order valence-electron chi connectivity index (χ0n) is 15.7. The monoisotopic (exact) mass is 341 g/mol. The van der Waals surface area contributed by atoms with Crippen molar-refractivity contribution in [3.05, 3.63) is 0 Å². The maximum absolute atomic E-state index is 11.1. The van der Waals surface area contributed by atoms with Crippen LogP contribution in [0.1, 0.15) is 66.2 Å². The molecule has 0 amide bonds. The van der Waals surface area contributed by atoms with Crippen LogP contribution in [0.15, 0.2) is 0 Å². The molecule has 3 heterocycles. The van der Waals surface area contributed by atoms with Crippen molar-refractivity contribution in [1.82, 2.24) is 4.90 Å². The van der Waals surface area contributed by atoms with Crippen LogP contribution in [0.2, 0.25) is 0 Å². The summed E-state index contributed by atoms with van der Waals surface area (Å²) in [6.45, 7) is 9.42. The molecule has 3 rings (SSSR count). The van der Waals surface area contributed by atoms with E-state index in [9.17, 15) is 15.3 Å². The summed E-state index contributed by atoms with van der Waals surface area (Å²) >= 11 is 0. The van der Waals surface area contributed by atoms with Gasteiger partial charge in [-0.2, -0.15) is 0 Å². The Hall–Kier alpha value is -0.200. The molecule has 140 valence electrons. The number of nitrogens with zero attached hydrogens (tertiary/aromatic N) is 1. The Morgan fingerprint density at radius 3 is 2.75 bits per heavy atom. The molecule has 5 nitrogen and oxygen atoms in total. The van der Waals surface area contributed by atoms with Crippen molar-refractivity contribution in [1.29, 1.82) is 0 Å². The molecule has 0 bridgehead atoms. The minimum Gasteiger partial charge on any atom is -0.387 e. The molecule has 0 aromatic carbocycles. The molecule has 7 atom stereocenters. The third kappa shape index (κ3) is 2.92. The third-order valence-electron chi connectivity index (χ3n) is 6.70. The van der Waals surface area contributed by atoms with Gasteiger partial charge >= 0.3 is 0 Å². The van der Waals surface area contributed by atoms with Gasteiger partial charge in [0, 0.05) is 12.6 Å². The molecule has 5 heteroatoms. The van der Waals surface area contributed by atoms with E-state index in [1.807, 2.05) is 6.92 Å². The van der Waals surface area contributed by atoms with Gasteiger partial charge < -0.3 is 20.1 Å². The van der Waals surface area contributed by atoms with E-state index in [1.165, 1.54) is 0 Å². The number of fused-ring (bicyclic) bond motifs is 1. The van der Waals surface area contributed by atoms with Crippen molar-refractivity contribution in [3.63, 3.8) is 0 Å². The van der Waals surface area contributed by atoms with Gasteiger partial charge in [-0.1, -0.05) is 20.3 Å². The Bertz CT molecular complexity index is 466. The van der Waals surface area contributed by atoms with Gasteiger partial charge in [0.05, 0.1) is 11.7 Å². The Balaban J connectivity index is 1.90. The molecule has 3 fully saturated rings. The summed E-state index contributed by atoms with van der Waals surface area (Å²) in [6, 6.07) is 0.00793. The van der Waals surface area contributed by atoms with E-state index in [0.717, 1.165) is 38.6 Å². The van der Waals surface area contributed by atoms with Crippen molar-refractivity contribution in [2.75, 3.05) is 13.1 Å². The fourth-order valence-electron chi connectivity index (χ4n) is 5.57. The van der Waals surface area contributed by atoms with Crippen LogP contribution in [0.25, 0.3) is 0 Å². The lowest BCUT2D eigenvalue weighted by Crippen LogP contribution is -2.74. The molecule has 0 radical (unpaired) electrons. The van der Waals surface area contributed by atoms with Gasteiger partial charge in [-0.25, -0.2) is 0 Å². The van der Waals surface area contributed by atoms with Gasteiger partial charge in [-0.3, -0.25) is 4.90 Å². The summed E-state index contributed by atoms with van der Waals surface area (Å²) in [7, 11) is 0. The Kier molecular flexibility index (Phi) is 4.80. The first-order valence-electron chi connectivity index (χ1n) is 9.67. The van der Waals surface area contributed by atoms with E-state index in [4.69, 9.17) is 4.74 Å². The van der Waals surface area contributed by atoms with Crippen molar-refractivity contribution in [2.45, 2.75) is 101 Å². The number of hydrogen-bond acceptors (Lipinski definition) is 5. The molecule has 0 aliphatic carbocycles. The second-order valence-electron chi connectivity index (χ2n) is 9.08. The van der Waals surface area contributed by atoms with Crippen LogP contribution in [-0.2, 0) is 4.74 Å². The summed E-state index contributed by atoms with van der Waals surface area (Å²) in [5.41, 5.74) is -2.86. The lowest BCUT2D eigenvalue weighted by molar-refractivity contribution is -0.296. The third-order valence-corrected chi connectivity index (χ3v) is 6.70. The lowest BCUT2D eigenvalue weighted by atomic mass is 9.68. The Morgan fingerprint density at radius 1 is 1.38 bits per heavy atom. The quantitative estimate of drug-likeness (QED) is 0.728. The lowest BCUT2D eigenvalue weighted by Gasteiger charge is -2.59. The van der Waals surface area contributed by atoms with Gasteiger partial charge in [0.1, 0.15) is 17.3 Å². The van der Waals surface area contributed by atoms with E-state index in [0.29, 0.717) is 18.9 Å². The first-order valence-corrected chi connectivity index (χ1v) is 9.67. The molecule has 0 saturated carbocycles. The summed E-state index contributed by atoms with van der Waals surface area (Å²) in [4.78, 5) is 2.29. The van der Waals surface area contributed by atoms with Gasteiger partial charge in [-0.15, -0.1) is 0 Å². The molecule has 3 aliphatic rings. The fraction of sp³-hybridized carbons (Fsp3) is 1.00. The average Bonchev–Trinajstić information content (AvgIpc) is 2.93. The van der Waals surface area contributed by atoms with Crippen LogP contribution >= 0.6 is 0 Å². The van der Waals surface area contributed by atoms with Crippen molar-refractivity contribution < 1.29 is 20.1 Å². The highest BCUT2D eigenvalue weighted by Crippen LogP contribution is 2.48. The average molecular weight is 341 g/mol. The molecule has 0 aromatic rings. The zero-order valence-corrected chi connectivity index (χ0v) is 15.7. The number of aliphatic hydroxyl groups excluding tert-OH is 1. The number of rotatable bonds is 3. The summed E-state index contributed by atoms with van der Waals surface area (Å²) < 4.78 is 6.46. The standard InChI is InChI=1S/C19H35NO4/c1-5-8-17(3,22)15-10-13(2)11-19(24-15)12-20-9-6-7-14(20)18(4,23)16(19)21/h13-16,21-23H,5-12H2,1-4H3. The van der Waals surface area contributed by atoms with Gasteiger partial charge in [0.15, 0.2) is 0 Å². The summed E-state index contributed by atoms with van der Waals surface area (Å²) in [5, 5.41) is 33.1. The molecule has 7 unspecified atom stereocenters. The Labute approximate surface area is 146 Å².